The summed E-state index contributed by atoms with van der Waals surface area (Å²) in [6.07, 6.45) is 6.50. The molecule has 1 atom stereocenters. The molecule has 0 radical (unpaired) electrons. The summed E-state index contributed by atoms with van der Waals surface area (Å²) in [6, 6.07) is 7.14. The Labute approximate surface area is 103 Å². The molecule has 0 spiro atoms. The summed E-state index contributed by atoms with van der Waals surface area (Å²) in [5, 5.41) is 3.36. The van der Waals surface area contributed by atoms with Crippen molar-refractivity contribution in [1.82, 2.24) is 5.32 Å². The molecule has 0 bridgehead atoms. The molecule has 1 unspecified atom stereocenters. The molecule has 0 aliphatic heterocycles. The van der Waals surface area contributed by atoms with Gasteiger partial charge in [-0.25, -0.2) is 0 Å². The van der Waals surface area contributed by atoms with Gasteiger partial charge in [-0.15, -0.1) is 0 Å². The Morgan fingerprint density at radius 1 is 1.29 bits per heavy atom. The molecule has 1 saturated carbocycles. The van der Waals surface area contributed by atoms with Gasteiger partial charge in [0.05, 0.1) is 0 Å². The maximum absolute atomic E-state index is 5.92. The van der Waals surface area contributed by atoms with E-state index in [1.807, 2.05) is 7.05 Å². The molecule has 1 aromatic rings. The molecule has 0 amide bonds. The van der Waals surface area contributed by atoms with E-state index in [2.05, 4.69) is 23.5 Å². The van der Waals surface area contributed by atoms with Crippen molar-refractivity contribution in [3.8, 4) is 5.75 Å². The number of aryl methyl sites for hydroxylation is 2. The maximum atomic E-state index is 5.92. The van der Waals surface area contributed by atoms with Crippen LogP contribution in [0.4, 0.5) is 0 Å². The Balaban J connectivity index is 1.61. The van der Waals surface area contributed by atoms with E-state index < -0.39 is 0 Å². The highest BCUT2D eigenvalue weighted by molar-refractivity contribution is 5.38. The summed E-state index contributed by atoms with van der Waals surface area (Å²) in [6.45, 7) is 0.806. The lowest BCUT2D eigenvalue weighted by Gasteiger charge is -2.16. The van der Waals surface area contributed by atoms with Crippen molar-refractivity contribution in [2.24, 2.45) is 5.92 Å². The predicted molar refractivity (Wildman–Crippen MR) is 69.5 cm³/mol. The van der Waals surface area contributed by atoms with Crippen molar-refractivity contribution >= 4 is 0 Å². The Hall–Kier alpha value is -1.02. The van der Waals surface area contributed by atoms with Crippen LogP contribution in [-0.4, -0.2) is 19.7 Å². The van der Waals surface area contributed by atoms with E-state index in [1.54, 1.807) is 0 Å². The highest BCUT2D eigenvalue weighted by atomic mass is 16.5. The maximum Gasteiger partial charge on any atom is 0.119 e. The van der Waals surface area contributed by atoms with Gasteiger partial charge in [0, 0.05) is 6.04 Å². The number of rotatable bonds is 5. The molecule has 0 heterocycles. The van der Waals surface area contributed by atoms with Crippen LogP contribution in [0.2, 0.25) is 0 Å². The van der Waals surface area contributed by atoms with Gasteiger partial charge in [-0.2, -0.15) is 0 Å². The first-order chi connectivity index (χ1) is 8.36. The van der Waals surface area contributed by atoms with Crippen molar-refractivity contribution in [1.29, 1.82) is 0 Å². The minimum atomic E-state index is 0.531. The molecule has 2 nitrogen and oxygen atoms in total. The molecule has 3 rings (SSSR count). The van der Waals surface area contributed by atoms with E-state index in [4.69, 9.17) is 4.74 Å². The zero-order valence-corrected chi connectivity index (χ0v) is 10.5. The van der Waals surface area contributed by atoms with Gasteiger partial charge in [-0.3, -0.25) is 0 Å². The highest BCUT2D eigenvalue weighted by Gasteiger charge is 2.30. The fourth-order valence-electron chi connectivity index (χ4n) is 2.78. The Kier molecular flexibility index (Phi) is 3.06. The van der Waals surface area contributed by atoms with Crippen LogP contribution >= 0.6 is 0 Å². The van der Waals surface area contributed by atoms with Gasteiger partial charge in [0.15, 0.2) is 0 Å². The van der Waals surface area contributed by atoms with Crippen LogP contribution in [0.25, 0.3) is 0 Å². The van der Waals surface area contributed by atoms with Crippen LogP contribution < -0.4 is 10.1 Å². The number of benzene rings is 1. The average molecular weight is 231 g/mol. The van der Waals surface area contributed by atoms with Crippen molar-refractivity contribution in [3.63, 3.8) is 0 Å². The second-order valence-electron chi connectivity index (χ2n) is 5.33. The largest absolute Gasteiger partial charge is 0.492 e. The number of hydrogen-bond donors (Lipinski definition) is 1. The number of ether oxygens (including phenoxy) is 1. The second-order valence-corrected chi connectivity index (χ2v) is 5.33. The molecule has 17 heavy (non-hydrogen) atoms. The smallest absolute Gasteiger partial charge is 0.119 e. The summed E-state index contributed by atoms with van der Waals surface area (Å²) in [5.41, 5.74) is 3.01. The van der Waals surface area contributed by atoms with E-state index in [-0.39, 0.29) is 0 Å². The van der Waals surface area contributed by atoms with Gasteiger partial charge in [-0.05, 0) is 68.3 Å². The minimum Gasteiger partial charge on any atom is -0.492 e. The number of fused-ring (bicyclic) bond motifs is 1. The summed E-state index contributed by atoms with van der Waals surface area (Å²) in [7, 11) is 2.04. The normalized spacial score (nSPS) is 20.1. The Morgan fingerprint density at radius 3 is 2.88 bits per heavy atom. The van der Waals surface area contributed by atoms with Crippen LogP contribution in [0, 0.1) is 5.92 Å². The molecule has 2 aliphatic carbocycles. The zero-order chi connectivity index (χ0) is 11.7. The van der Waals surface area contributed by atoms with Crippen molar-refractivity contribution in [2.75, 3.05) is 13.7 Å². The second kappa shape index (κ2) is 4.69. The molecule has 92 valence electrons. The molecule has 1 aromatic carbocycles. The zero-order valence-electron chi connectivity index (χ0n) is 10.5. The molecule has 1 N–H and O–H groups in total. The van der Waals surface area contributed by atoms with Gasteiger partial charge >= 0.3 is 0 Å². The third kappa shape index (κ3) is 2.47. The monoisotopic (exact) mass is 231 g/mol. The summed E-state index contributed by atoms with van der Waals surface area (Å²) < 4.78 is 5.92. The SMILES string of the molecule is CNC(COc1ccc2c(c1)CCC2)C1CC1. The Morgan fingerprint density at radius 2 is 2.12 bits per heavy atom. The van der Waals surface area contributed by atoms with E-state index in [0.29, 0.717) is 6.04 Å². The minimum absolute atomic E-state index is 0.531. The number of nitrogens with one attached hydrogen (secondary N) is 1. The summed E-state index contributed by atoms with van der Waals surface area (Å²) in [5.74, 6) is 1.89. The van der Waals surface area contributed by atoms with Crippen molar-refractivity contribution < 1.29 is 4.74 Å². The molecule has 2 heteroatoms. The lowest BCUT2D eigenvalue weighted by atomic mass is 10.1. The third-order valence-corrected chi connectivity index (χ3v) is 4.06. The topological polar surface area (TPSA) is 21.3 Å². The molecule has 1 fully saturated rings. The van der Waals surface area contributed by atoms with Crippen LogP contribution in [0.15, 0.2) is 18.2 Å². The summed E-state index contributed by atoms with van der Waals surface area (Å²) >= 11 is 0. The lowest BCUT2D eigenvalue weighted by Crippen LogP contribution is -2.33. The first-order valence-corrected chi connectivity index (χ1v) is 6.78. The first kappa shape index (κ1) is 11.1. The Bertz CT molecular complexity index is 398. The number of hydrogen-bond acceptors (Lipinski definition) is 2. The molecule has 2 aliphatic rings. The van der Waals surface area contributed by atoms with Gasteiger partial charge in [0.25, 0.3) is 0 Å². The molecular formula is C15H21NO. The van der Waals surface area contributed by atoms with E-state index in [0.717, 1.165) is 18.3 Å². The van der Waals surface area contributed by atoms with Gasteiger partial charge in [0.1, 0.15) is 12.4 Å². The fourth-order valence-corrected chi connectivity index (χ4v) is 2.78. The highest BCUT2D eigenvalue weighted by Crippen LogP contribution is 2.33. The van der Waals surface area contributed by atoms with Crippen LogP contribution in [0.5, 0.6) is 5.75 Å². The van der Waals surface area contributed by atoms with Crippen molar-refractivity contribution in [2.45, 2.75) is 38.1 Å². The first-order valence-electron chi connectivity index (χ1n) is 6.78. The van der Waals surface area contributed by atoms with E-state index in [9.17, 15) is 0 Å². The van der Waals surface area contributed by atoms with Crippen LogP contribution in [0.3, 0.4) is 0 Å². The van der Waals surface area contributed by atoms with Gasteiger partial charge in [-0.1, -0.05) is 6.07 Å². The molecular weight excluding hydrogens is 210 g/mol. The van der Waals surface area contributed by atoms with Gasteiger partial charge in [0.2, 0.25) is 0 Å². The average Bonchev–Trinajstić information content (AvgIpc) is 3.08. The van der Waals surface area contributed by atoms with Crippen LogP contribution in [-0.2, 0) is 12.8 Å². The fraction of sp³-hybridized carbons (Fsp3) is 0.600. The molecule has 0 aromatic heterocycles. The van der Waals surface area contributed by atoms with Crippen LogP contribution in [0.1, 0.15) is 30.4 Å². The quantitative estimate of drug-likeness (QED) is 0.841. The summed E-state index contributed by atoms with van der Waals surface area (Å²) in [4.78, 5) is 0. The van der Waals surface area contributed by atoms with E-state index in [1.165, 1.54) is 43.2 Å². The number of likely N-dealkylation sites (N-methyl/N-ethyl adjacent to an activating group) is 1. The van der Waals surface area contributed by atoms with Gasteiger partial charge < -0.3 is 10.1 Å². The van der Waals surface area contributed by atoms with Crippen molar-refractivity contribution in [3.05, 3.63) is 29.3 Å². The lowest BCUT2D eigenvalue weighted by molar-refractivity contribution is 0.256. The predicted octanol–water partition coefficient (Wildman–Crippen LogP) is 2.55. The van der Waals surface area contributed by atoms with E-state index >= 15 is 0 Å². The molecule has 0 saturated heterocycles. The third-order valence-electron chi connectivity index (χ3n) is 4.06. The standard InChI is InChI=1S/C15H21NO/c1-16-15(12-5-6-12)10-17-14-8-7-11-3-2-4-13(11)9-14/h7-9,12,15-16H,2-6,10H2,1H3.